The summed E-state index contributed by atoms with van der Waals surface area (Å²) in [5.74, 6) is 0.899. The molecule has 1 aliphatic carbocycles. The van der Waals surface area contributed by atoms with E-state index < -0.39 is 0 Å². The number of hydrogen-bond donors (Lipinski definition) is 2. The van der Waals surface area contributed by atoms with E-state index in [0.29, 0.717) is 0 Å². The molecule has 0 amide bonds. The van der Waals surface area contributed by atoms with Gasteiger partial charge >= 0.3 is 0 Å². The molecule has 0 unspecified atom stereocenters. The van der Waals surface area contributed by atoms with Crippen LogP contribution < -0.4 is 10.6 Å². The Morgan fingerprint density at radius 3 is 2.47 bits per heavy atom. The molecule has 1 fully saturated rings. The van der Waals surface area contributed by atoms with Crippen molar-refractivity contribution in [3.63, 3.8) is 0 Å². The molecule has 0 aromatic heterocycles. The fraction of sp³-hybridized carbons (Fsp3) is 1.00. The van der Waals surface area contributed by atoms with Crippen LogP contribution in [0.5, 0.6) is 0 Å². The van der Waals surface area contributed by atoms with E-state index in [-0.39, 0.29) is 0 Å². The number of nitrogens with one attached hydrogen (secondary N) is 2. The van der Waals surface area contributed by atoms with Gasteiger partial charge in [0, 0.05) is 26.3 Å². The van der Waals surface area contributed by atoms with Gasteiger partial charge in [-0.15, -0.1) is 0 Å². The van der Waals surface area contributed by atoms with Crippen molar-refractivity contribution in [1.29, 1.82) is 0 Å². The highest BCUT2D eigenvalue weighted by molar-refractivity contribution is 4.71. The molecule has 1 rings (SSSR count). The molecule has 90 valence electrons. The number of rotatable bonds is 11. The largest absolute Gasteiger partial charge is 0.381 e. The molecule has 15 heavy (non-hydrogen) atoms. The van der Waals surface area contributed by atoms with Crippen LogP contribution in [-0.2, 0) is 4.74 Å². The molecule has 0 heterocycles. The van der Waals surface area contributed by atoms with E-state index >= 15 is 0 Å². The maximum atomic E-state index is 5.55. The van der Waals surface area contributed by atoms with E-state index in [1.165, 1.54) is 19.3 Å². The van der Waals surface area contributed by atoms with Crippen LogP contribution in [-0.4, -0.2) is 39.4 Å². The molecule has 0 aromatic rings. The monoisotopic (exact) mass is 214 g/mol. The van der Waals surface area contributed by atoms with Gasteiger partial charge in [0.05, 0.1) is 0 Å². The summed E-state index contributed by atoms with van der Waals surface area (Å²) < 4.78 is 5.55. The summed E-state index contributed by atoms with van der Waals surface area (Å²) in [7, 11) is 0. The molecule has 0 atom stereocenters. The van der Waals surface area contributed by atoms with Crippen molar-refractivity contribution < 1.29 is 4.74 Å². The minimum atomic E-state index is 0.899. The van der Waals surface area contributed by atoms with Crippen LogP contribution in [0.4, 0.5) is 0 Å². The number of hydrogen-bond acceptors (Lipinski definition) is 3. The lowest BCUT2D eigenvalue weighted by Crippen LogP contribution is -2.28. The molecule has 0 radical (unpaired) electrons. The minimum Gasteiger partial charge on any atom is -0.381 e. The van der Waals surface area contributed by atoms with Crippen molar-refractivity contribution in [3.8, 4) is 0 Å². The third kappa shape index (κ3) is 8.85. The van der Waals surface area contributed by atoms with Crippen molar-refractivity contribution in [1.82, 2.24) is 10.6 Å². The van der Waals surface area contributed by atoms with Crippen LogP contribution in [0.25, 0.3) is 0 Å². The third-order valence-electron chi connectivity index (χ3n) is 2.60. The SMILES string of the molecule is CCCNCCNCCCOCC1CC1. The molecule has 0 saturated heterocycles. The van der Waals surface area contributed by atoms with E-state index in [0.717, 1.165) is 51.7 Å². The summed E-state index contributed by atoms with van der Waals surface area (Å²) in [5, 5.41) is 6.77. The van der Waals surface area contributed by atoms with Crippen LogP contribution in [0.3, 0.4) is 0 Å². The molecule has 0 aromatic carbocycles. The lowest BCUT2D eigenvalue weighted by Gasteiger charge is -2.06. The first-order valence-electron chi connectivity index (χ1n) is 6.42. The predicted molar refractivity (Wildman–Crippen MR) is 64.2 cm³/mol. The van der Waals surface area contributed by atoms with E-state index in [2.05, 4.69) is 17.6 Å². The van der Waals surface area contributed by atoms with Gasteiger partial charge in [0.15, 0.2) is 0 Å². The van der Waals surface area contributed by atoms with Crippen molar-refractivity contribution in [3.05, 3.63) is 0 Å². The maximum Gasteiger partial charge on any atom is 0.0494 e. The van der Waals surface area contributed by atoms with Gasteiger partial charge in [-0.05, 0) is 44.7 Å². The van der Waals surface area contributed by atoms with Crippen LogP contribution in [0.1, 0.15) is 32.6 Å². The molecule has 0 spiro atoms. The maximum absolute atomic E-state index is 5.55. The Labute approximate surface area is 94.0 Å². The van der Waals surface area contributed by atoms with Crippen molar-refractivity contribution in [2.24, 2.45) is 5.92 Å². The first-order valence-corrected chi connectivity index (χ1v) is 6.42. The minimum absolute atomic E-state index is 0.899. The van der Waals surface area contributed by atoms with Crippen molar-refractivity contribution >= 4 is 0 Å². The van der Waals surface area contributed by atoms with Gasteiger partial charge in [-0.3, -0.25) is 0 Å². The highest BCUT2D eigenvalue weighted by Crippen LogP contribution is 2.28. The Morgan fingerprint density at radius 2 is 1.80 bits per heavy atom. The van der Waals surface area contributed by atoms with Crippen LogP contribution in [0.2, 0.25) is 0 Å². The van der Waals surface area contributed by atoms with Crippen molar-refractivity contribution in [2.45, 2.75) is 32.6 Å². The average Bonchev–Trinajstić information content (AvgIpc) is 3.05. The fourth-order valence-electron chi connectivity index (χ4n) is 1.44. The summed E-state index contributed by atoms with van der Waals surface area (Å²) in [5.41, 5.74) is 0. The Bertz CT molecular complexity index is 138. The van der Waals surface area contributed by atoms with Gasteiger partial charge in [-0.25, -0.2) is 0 Å². The predicted octanol–water partition coefficient (Wildman–Crippen LogP) is 1.39. The molecule has 1 aliphatic rings. The van der Waals surface area contributed by atoms with Crippen LogP contribution in [0.15, 0.2) is 0 Å². The lowest BCUT2D eigenvalue weighted by atomic mass is 10.4. The molecule has 3 nitrogen and oxygen atoms in total. The van der Waals surface area contributed by atoms with Gasteiger partial charge in [0.2, 0.25) is 0 Å². The zero-order valence-corrected chi connectivity index (χ0v) is 10.1. The Kier molecular flexibility index (Phi) is 7.88. The lowest BCUT2D eigenvalue weighted by molar-refractivity contribution is 0.122. The van der Waals surface area contributed by atoms with Gasteiger partial charge < -0.3 is 15.4 Å². The normalized spacial score (nSPS) is 15.8. The highest BCUT2D eigenvalue weighted by atomic mass is 16.5. The molecular weight excluding hydrogens is 188 g/mol. The summed E-state index contributed by atoms with van der Waals surface area (Å²) in [6.07, 6.45) is 5.14. The second-order valence-electron chi connectivity index (χ2n) is 4.37. The average molecular weight is 214 g/mol. The second-order valence-corrected chi connectivity index (χ2v) is 4.37. The zero-order valence-electron chi connectivity index (χ0n) is 10.1. The first-order chi connectivity index (χ1) is 7.43. The quantitative estimate of drug-likeness (QED) is 0.510. The molecule has 0 aliphatic heterocycles. The summed E-state index contributed by atoms with van der Waals surface area (Å²) >= 11 is 0. The van der Waals surface area contributed by atoms with E-state index in [1.54, 1.807) is 0 Å². The van der Waals surface area contributed by atoms with Gasteiger partial charge in [-0.1, -0.05) is 6.92 Å². The van der Waals surface area contributed by atoms with Crippen LogP contribution >= 0.6 is 0 Å². The number of ether oxygens (including phenoxy) is 1. The first kappa shape index (κ1) is 12.9. The van der Waals surface area contributed by atoms with Crippen molar-refractivity contribution in [2.75, 3.05) is 39.4 Å². The standard InChI is InChI=1S/C12H26N2O/c1-2-6-13-8-9-14-7-3-10-15-11-12-4-5-12/h12-14H,2-11H2,1H3. The molecule has 0 bridgehead atoms. The molecule has 1 saturated carbocycles. The summed E-state index contributed by atoms with van der Waals surface area (Å²) in [6.45, 7) is 8.48. The van der Waals surface area contributed by atoms with E-state index in [9.17, 15) is 0 Å². The van der Waals surface area contributed by atoms with Gasteiger partial charge in [-0.2, -0.15) is 0 Å². The third-order valence-corrected chi connectivity index (χ3v) is 2.60. The second kappa shape index (κ2) is 9.13. The molecule has 2 N–H and O–H groups in total. The topological polar surface area (TPSA) is 33.3 Å². The van der Waals surface area contributed by atoms with Gasteiger partial charge in [0.25, 0.3) is 0 Å². The zero-order chi connectivity index (χ0) is 10.8. The molecule has 3 heteroatoms. The summed E-state index contributed by atoms with van der Waals surface area (Å²) in [6, 6.07) is 0. The summed E-state index contributed by atoms with van der Waals surface area (Å²) in [4.78, 5) is 0. The Morgan fingerprint density at radius 1 is 1.07 bits per heavy atom. The van der Waals surface area contributed by atoms with E-state index in [4.69, 9.17) is 4.74 Å². The Hall–Kier alpha value is -0.120. The van der Waals surface area contributed by atoms with Gasteiger partial charge in [0.1, 0.15) is 0 Å². The molecular formula is C12H26N2O. The fourth-order valence-corrected chi connectivity index (χ4v) is 1.44. The van der Waals surface area contributed by atoms with E-state index in [1.807, 2.05) is 0 Å². The smallest absolute Gasteiger partial charge is 0.0494 e. The Balaban J connectivity index is 1.62. The highest BCUT2D eigenvalue weighted by Gasteiger charge is 2.20. The van der Waals surface area contributed by atoms with Crippen LogP contribution in [0, 0.1) is 5.92 Å².